The molecule has 2 bridgehead atoms. The number of imide groups is 1. The molecule has 1 fully saturated rings. The smallest absolute Gasteiger partial charge is 0.353 e. The van der Waals surface area contributed by atoms with Crippen molar-refractivity contribution in [2.75, 3.05) is 4.90 Å². The molecule has 2 amide bonds. The number of hydrogen-bond donors (Lipinski definition) is 0. The van der Waals surface area contributed by atoms with Gasteiger partial charge in [0.1, 0.15) is 10.6 Å². The summed E-state index contributed by atoms with van der Waals surface area (Å²) in [5.41, 5.74) is 4.98. The predicted octanol–water partition coefficient (Wildman–Crippen LogP) is 5.36. The van der Waals surface area contributed by atoms with E-state index in [0.717, 1.165) is 22.3 Å². The first-order chi connectivity index (χ1) is 17.1. The molecule has 0 N–H and O–H groups in total. The molecule has 1 aliphatic heterocycles. The molecule has 0 radical (unpaired) electrons. The third-order valence-electron chi connectivity index (χ3n) is 7.46. The molecule has 35 heavy (non-hydrogen) atoms. The second-order valence-electron chi connectivity index (χ2n) is 9.14. The second-order valence-corrected chi connectivity index (χ2v) is 10.1. The zero-order chi connectivity index (χ0) is 23.7. The number of rotatable bonds is 3. The van der Waals surface area contributed by atoms with Crippen LogP contribution in [0.2, 0.25) is 0 Å². The second kappa shape index (κ2) is 7.48. The highest BCUT2D eigenvalue weighted by Crippen LogP contribution is 2.61. The van der Waals surface area contributed by atoms with Crippen molar-refractivity contribution in [2.24, 2.45) is 11.8 Å². The lowest BCUT2D eigenvalue weighted by Gasteiger charge is -2.45. The Morgan fingerprint density at radius 1 is 0.714 bits per heavy atom. The third kappa shape index (κ3) is 2.83. The van der Waals surface area contributed by atoms with Crippen molar-refractivity contribution in [3.8, 4) is 5.75 Å². The quantitative estimate of drug-likeness (QED) is 0.226. The molecule has 1 aromatic heterocycles. The van der Waals surface area contributed by atoms with Gasteiger partial charge in [-0.3, -0.25) is 9.59 Å². The molecule has 1 saturated heterocycles. The molecule has 8 rings (SSSR count). The molecule has 3 aliphatic carbocycles. The Labute approximate surface area is 205 Å². The normalized spacial score (nSPS) is 23.6. The van der Waals surface area contributed by atoms with Crippen LogP contribution < -0.4 is 9.64 Å². The topological polar surface area (TPSA) is 63.7 Å². The predicted molar refractivity (Wildman–Crippen MR) is 132 cm³/mol. The van der Waals surface area contributed by atoms with Crippen molar-refractivity contribution in [1.82, 2.24) is 0 Å². The molecule has 5 nitrogen and oxygen atoms in total. The van der Waals surface area contributed by atoms with Crippen LogP contribution in [0.1, 0.15) is 43.8 Å². The zero-order valence-corrected chi connectivity index (χ0v) is 19.3. The van der Waals surface area contributed by atoms with Gasteiger partial charge in [0.25, 0.3) is 0 Å². The number of carbonyl (C=O) groups is 3. The van der Waals surface area contributed by atoms with Crippen LogP contribution in [-0.2, 0) is 9.59 Å². The molecule has 0 saturated carbocycles. The molecular formula is C29H19NO4S. The van der Waals surface area contributed by atoms with Crippen LogP contribution in [0.15, 0.2) is 90.3 Å². The molecule has 0 spiro atoms. The van der Waals surface area contributed by atoms with Crippen LogP contribution in [0.4, 0.5) is 5.69 Å². The number of amides is 2. The van der Waals surface area contributed by atoms with Gasteiger partial charge in [0.05, 0.1) is 17.5 Å². The van der Waals surface area contributed by atoms with Crippen LogP contribution in [0.25, 0.3) is 0 Å². The first kappa shape index (κ1) is 20.4. The molecule has 2 heterocycles. The number of nitrogens with zero attached hydrogens (tertiary/aromatic N) is 1. The molecule has 4 aromatic rings. The number of esters is 1. The largest absolute Gasteiger partial charge is 0.422 e. The fraction of sp³-hybridized carbons (Fsp3) is 0.138. The lowest BCUT2D eigenvalue weighted by Crippen LogP contribution is -2.41. The number of carbonyl (C=O) groups excluding carboxylic acids is 3. The van der Waals surface area contributed by atoms with Crippen molar-refractivity contribution in [1.29, 1.82) is 0 Å². The van der Waals surface area contributed by atoms with Crippen molar-refractivity contribution in [2.45, 2.75) is 11.8 Å². The van der Waals surface area contributed by atoms with Gasteiger partial charge in [0, 0.05) is 17.9 Å². The zero-order valence-electron chi connectivity index (χ0n) is 18.5. The van der Waals surface area contributed by atoms with Crippen LogP contribution in [0.5, 0.6) is 5.75 Å². The Morgan fingerprint density at radius 3 is 1.80 bits per heavy atom. The maximum atomic E-state index is 13.9. The van der Waals surface area contributed by atoms with Gasteiger partial charge in [-0.1, -0.05) is 60.7 Å². The van der Waals surface area contributed by atoms with Gasteiger partial charge in [-0.05, 0) is 45.8 Å². The van der Waals surface area contributed by atoms with E-state index >= 15 is 0 Å². The summed E-state index contributed by atoms with van der Waals surface area (Å²) in [6.45, 7) is 0. The monoisotopic (exact) mass is 477 g/mol. The lowest BCUT2D eigenvalue weighted by atomic mass is 9.55. The van der Waals surface area contributed by atoms with Crippen molar-refractivity contribution >= 4 is 34.8 Å². The van der Waals surface area contributed by atoms with E-state index in [9.17, 15) is 14.4 Å². The van der Waals surface area contributed by atoms with E-state index in [4.69, 9.17) is 4.74 Å². The average molecular weight is 478 g/mol. The highest BCUT2D eigenvalue weighted by atomic mass is 32.1. The van der Waals surface area contributed by atoms with Crippen molar-refractivity contribution < 1.29 is 19.1 Å². The Hall–Kier alpha value is -4.03. The number of benzene rings is 3. The van der Waals surface area contributed by atoms with E-state index in [2.05, 4.69) is 24.3 Å². The molecule has 170 valence electrons. The first-order valence-electron chi connectivity index (χ1n) is 11.5. The summed E-state index contributed by atoms with van der Waals surface area (Å²) < 4.78 is 5.53. The number of anilines is 1. The summed E-state index contributed by atoms with van der Waals surface area (Å²) in [6, 6.07) is 26.5. The van der Waals surface area contributed by atoms with Gasteiger partial charge in [-0.25, -0.2) is 9.69 Å². The highest BCUT2D eigenvalue weighted by Gasteiger charge is 2.61. The molecule has 4 aliphatic rings. The molecular weight excluding hydrogens is 458 g/mol. The van der Waals surface area contributed by atoms with E-state index in [1.807, 2.05) is 24.3 Å². The fourth-order valence-electron chi connectivity index (χ4n) is 6.17. The van der Waals surface area contributed by atoms with Crippen LogP contribution in [-0.4, -0.2) is 17.8 Å². The Morgan fingerprint density at radius 2 is 1.29 bits per heavy atom. The van der Waals surface area contributed by atoms with Gasteiger partial charge < -0.3 is 4.74 Å². The number of thiophene rings is 1. The average Bonchev–Trinajstić information content (AvgIpc) is 3.52. The van der Waals surface area contributed by atoms with E-state index in [0.29, 0.717) is 16.3 Å². The Balaban J connectivity index is 1.29. The summed E-state index contributed by atoms with van der Waals surface area (Å²) >= 11 is 1.30. The minimum Gasteiger partial charge on any atom is -0.422 e. The standard InChI is InChI=1S/C29H19NO4S/c31-27-25-23-18-9-1-2-10-19(18)24(21-12-4-3-11-20(21)23)26(25)28(32)30(27)16-7-5-8-17(15-16)34-29(33)22-13-6-14-35-22/h1-15,23-26H. The molecule has 6 heteroatoms. The van der Waals surface area contributed by atoms with Gasteiger partial charge in [-0.2, -0.15) is 0 Å². The maximum Gasteiger partial charge on any atom is 0.353 e. The van der Waals surface area contributed by atoms with Crippen LogP contribution in [0.3, 0.4) is 0 Å². The molecule has 3 aromatic carbocycles. The minimum absolute atomic E-state index is 0.154. The van der Waals surface area contributed by atoms with Gasteiger partial charge in [0.15, 0.2) is 0 Å². The van der Waals surface area contributed by atoms with Gasteiger partial charge in [-0.15, -0.1) is 11.3 Å². The maximum absolute atomic E-state index is 13.9. The summed E-state index contributed by atoms with van der Waals surface area (Å²) in [5, 5.41) is 1.81. The van der Waals surface area contributed by atoms with Crippen molar-refractivity contribution in [3.63, 3.8) is 0 Å². The SMILES string of the molecule is O=C(Oc1cccc(N2C(=O)C3C4c5ccccc5C(c5ccccc54)C3C2=O)c1)c1cccs1. The Kier molecular flexibility index (Phi) is 4.35. The van der Waals surface area contributed by atoms with E-state index < -0.39 is 17.8 Å². The van der Waals surface area contributed by atoms with E-state index in [1.165, 1.54) is 16.2 Å². The van der Waals surface area contributed by atoms with Crippen molar-refractivity contribution in [3.05, 3.63) is 117 Å². The number of hydrogen-bond acceptors (Lipinski definition) is 5. The van der Waals surface area contributed by atoms with Crippen LogP contribution in [0, 0.1) is 11.8 Å². The number of ether oxygens (including phenoxy) is 1. The summed E-state index contributed by atoms with van der Waals surface area (Å²) in [6.07, 6.45) is 0. The van der Waals surface area contributed by atoms with E-state index in [-0.39, 0.29) is 23.7 Å². The van der Waals surface area contributed by atoms with E-state index in [1.54, 1.807) is 41.8 Å². The summed E-state index contributed by atoms with van der Waals surface area (Å²) in [7, 11) is 0. The summed E-state index contributed by atoms with van der Waals surface area (Å²) in [4.78, 5) is 42.0. The first-order valence-corrected chi connectivity index (χ1v) is 12.4. The van der Waals surface area contributed by atoms with Gasteiger partial charge >= 0.3 is 5.97 Å². The fourth-order valence-corrected chi connectivity index (χ4v) is 6.77. The van der Waals surface area contributed by atoms with Gasteiger partial charge in [0.2, 0.25) is 11.8 Å². The Bertz CT molecular complexity index is 1410. The van der Waals surface area contributed by atoms with Crippen LogP contribution >= 0.6 is 11.3 Å². The molecule has 2 atom stereocenters. The summed E-state index contributed by atoms with van der Waals surface area (Å²) in [5.74, 6) is -1.76. The lowest BCUT2D eigenvalue weighted by molar-refractivity contribution is -0.122. The third-order valence-corrected chi connectivity index (χ3v) is 8.31. The molecule has 2 unspecified atom stereocenters. The highest BCUT2D eigenvalue weighted by molar-refractivity contribution is 7.12. The minimum atomic E-state index is -0.464.